The van der Waals surface area contributed by atoms with E-state index in [4.69, 9.17) is 0 Å². The molecule has 0 N–H and O–H groups in total. The van der Waals surface area contributed by atoms with Crippen LogP contribution in [0.25, 0.3) is 44.5 Å². The number of benzene rings is 7. The van der Waals surface area contributed by atoms with Crippen LogP contribution in [-0.2, 0) is 5.41 Å². The number of hydrogen-bond donors (Lipinski definition) is 0. The Kier molecular flexibility index (Phi) is 8.20. The molecule has 0 amide bonds. The summed E-state index contributed by atoms with van der Waals surface area (Å²) in [7, 11) is -0.811. The summed E-state index contributed by atoms with van der Waals surface area (Å²) in [5.41, 5.74) is 17.5. The van der Waals surface area contributed by atoms with Gasteiger partial charge in [-0.05, 0) is 190 Å². The molecule has 0 heterocycles. The Labute approximate surface area is 340 Å². The van der Waals surface area contributed by atoms with Crippen molar-refractivity contribution in [2.45, 2.75) is 42.4 Å². The highest BCUT2D eigenvalue weighted by Gasteiger charge is 2.61. The van der Waals surface area contributed by atoms with Gasteiger partial charge in [-0.15, -0.1) is 0 Å². The normalized spacial score (nSPS) is 23.0. The van der Waals surface area contributed by atoms with Gasteiger partial charge in [0.15, 0.2) is 0 Å². The maximum absolute atomic E-state index is 2.54. The lowest BCUT2D eigenvalue weighted by Crippen LogP contribution is -2.55. The first-order valence-corrected chi connectivity index (χ1v) is 23.9. The van der Waals surface area contributed by atoms with Crippen LogP contribution in [0, 0.1) is 23.7 Å². The molecule has 1 nitrogen and oxygen atoms in total. The molecule has 4 saturated carbocycles. The van der Waals surface area contributed by atoms with Crippen molar-refractivity contribution in [1.29, 1.82) is 0 Å². The van der Waals surface area contributed by atoms with Gasteiger partial charge in [-0.25, -0.2) is 10.0 Å². The first-order chi connectivity index (χ1) is 27.8. The number of hydrogen-bond acceptors (Lipinski definition) is 1. The maximum atomic E-state index is 2.54. The standard InChI is InChI=1S/C55H51NS/c1-57(2,3)50-28-26-49(27-29-50)56(47-22-17-41(18-23-47)39-9-5-4-6-10-39)48-24-19-42(20-25-48)40-13-15-43(16-14-40)44-21-30-54-52(36-44)51-11-7-8-12-53(51)55(54)45-32-37-31-38(34-45)35-46(55)33-37/h4-30,36-38,45-46H,31-35H2,1-3H3. The summed E-state index contributed by atoms with van der Waals surface area (Å²) in [5.74, 6) is 3.53. The highest BCUT2D eigenvalue weighted by Crippen LogP contribution is 2.69. The lowest BCUT2D eigenvalue weighted by molar-refractivity contribution is -0.0399. The number of fused-ring (bicyclic) bond motifs is 3. The first kappa shape index (κ1) is 34.9. The molecule has 57 heavy (non-hydrogen) atoms. The summed E-state index contributed by atoms with van der Waals surface area (Å²) in [6.07, 6.45) is 14.3. The van der Waals surface area contributed by atoms with Gasteiger partial charge in [-0.1, -0.05) is 115 Å². The van der Waals surface area contributed by atoms with E-state index in [9.17, 15) is 0 Å². The zero-order valence-electron chi connectivity index (χ0n) is 33.4. The molecule has 12 rings (SSSR count). The number of nitrogens with zero attached hydrogens (tertiary/aromatic N) is 1. The fraction of sp³-hybridized carbons (Fsp3) is 0.236. The van der Waals surface area contributed by atoms with Gasteiger partial charge in [-0.3, -0.25) is 0 Å². The molecule has 0 radical (unpaired) electrons. The Morgan fingerprint density at radius 1 is 0.404 bits per heavy atom. The van der Waals surface area contributed by atoms with E-state index < -0.39 is 10.0 Å². The van der Waals surface area contributed by atoms with Crippen molar-refractivity contribution < 1.29 is 0 Å². The van der Waals surface area contributed by atoms with E-state index in [-0.39, 0.29) is 5.41 Å². The van der Waals surface area contributed by atoms with Crippen LogP contribution in [0.1, 0.15) is 43.2 Å². The second-order valence-corrected chi connectivity index (χ2v) is 22.3. The van der Waals surface area contributed by atoms with E-state index in [1.54, 1.807) is 11.1 Å². The monoisotopic (exact) mass is 757 g/mol. The Balaban J connectivity index is 0.892. The van der Waals surface area contributed by atoms with Gasteiger partial charge in [0.1, 0.15) is 0 Å². The van der Waals surface area contributed by atoms with Crippen molar-refractivity contribution in [2.24, 2.45) is 23.7 Å². The molecule has 0 atom stereocenters. The minimum Gasteiger partial charge on any atom is -0.311 e. The summed E-state index contributed by atoms with van der Waals surface area (Å²) >= 11 is 0. The molecule has 282 valence electrons. The Morgan fingerprint density at radius 3 is 1.37 bits per heavy atom. The summed E-state index contributed by atoms with van der Waals surface area (Å²) in [6, 6.07) is 64.1. The molecule has 0 saturated heterocycles. The van der Waals surface area contributed by atoms with Crippen molar-refractivity contribution in [1.82, 2.24) is 0 Å². The Hall–Kier alpha value is -5.31. The van der Waals surface area contributed by atoms with Gasteiger partial charge in [0, 0.05) is 22.5 Å². The third kappa shape index (κ3) is 5.74. The van der Waals surface area contributed by atoms with Gasteiger partial charge < -0.3 is 4.90 Å². The van der Waals surface area contributed by atoms with Crippen molar-refractivity contribution in [3.63, 3.8) is 0 Å². The predicted molar refractivity (Wildman–Crippen MR) is 244 cm³/mol. The van der Waals surface area contributed by atoms with Crippen LogP contribution in [-0.4, -0.2) is 18.8 Å². The molecular formula is C55H51NS. The third-order valence-electron chi connectivity index (χ3n) is 14.3. The zero-order valence-corrected chi connectivity index (χ0v) is 34.2. The van der Waals surface area contributed by atoms with E-state index in [0.29, 0.717) is 0 Å². The zero-order chi connectivity index (χ0) is 38.3. The lowest BCUT2D eigenvalue weighted by atomic mass is 9.43. The van der Waals surface area contributed by atoms with E-state index >= 15 is 0 Å². The van der Waals surface area contributed by atoms with E-state index in [0.717, 1.165) is 40.7 Å². The molecule has 0 aromatic heterocycles. The summed E-state index contributed by atoms with van der Waals surface area (Å²) in [5, 5.41) is 0. The molecule has 0 aliphatic heterocycles. The van der Waals surface area contributed by atoms with Gasteiger partial charge in [0.05, 0.1) is 0 Å². The minimum absolute atomic E-state index is 0.228. The largest absolute Gasteiger partial charge is 0.311 e. The topological polar surface area (TPSA) is 3.24 Å². The van der Waals surface area contributed by atoms with E-state index in [1.807, 2.05) is 0 Å². The summed E-state index contributed by atoms with van der Waals surface area (Å²) < 4.78 is 0. The van der Waals surface area contributed by atoms with Gasteiger partial charge in [0.2, 0.25) is 0 Å². The van der Waals surface area contributed by atoms with E-state index in [1.165, 1.54) is 81.5 Å². The Morgan fingerprint density at radius 2 is 0.825 bits per heavy atom. The molecular weight excluding hydrogens is 707 g/mol. The molecule has 4 bridgehead atoms. The summed E-state index contributed by atoms with van der Waals surface area (Å²) in [6.45, 7) is 0. The average molecular weight is 758 g/mol. The minimum atomic E-state index is -0.811. The van der Waals surface area contributed by atoms with Gasteiger partial charge in [0.25, 0.3) is 0 Å². The van der Waals surface area contributed by atoms with Crippen LogP contribution in [0.3, 0.4) is 0 Å². The maximum Gasteiger partial charge on any atom is 0.0462 e. The van der Waals surface area contributed by atoms with Crippen LogP contribution in [0.2, 0.25) is 0 Å². The van der Waals surface area contributed by atoms with Crippen LogP contribution >= 0.6 is 10.0 Å². The SMILES string of the molecule is CS(C)(C)c1ccc(N(c2ccc(-c3ccccc3)cc2)c2ccc(-c3ccc(-c4ccc5c(c4)-c4ccccc4C54C5CC6CC(C5)CC4C6)cc3)cc2)cc1. The molecule has 7 aromatic rings. The fourth-order valence-corrected chi connectivity index (χ4v) is 12.8. The lowest BCUT2D eigenvalue weighted by Gasteiger charge is -2.61. The highest BCUT2D eigenvalue weighted by molar-refractivity contribution is 8.32. The summed E-state index contributed by atoms with van der Waals surface area (Å²) in [4.78, 5) is 3.80. The van der Waals surface area contributed by atoms with Gasteiger partial charge >= 0.3 is 0 Å². The smallest absolute Gasteiger partial charge is 0.0462 e. The van der Waals surface area contributed by atoms with Crippen LogP contribution < -0.4 is 4.90 Å². The van der Waals surface area contributed by atoms with Crippen LogP contribution in [0.15, 0.2) is 175 Å². The number of rotatable bonds is 7. The molecule has 1 spiro atoms. The predicted octanol–water partition coefficient (Wildman–Crippen LogP) is 14.9. The van der Waals surface area contributed by atoms with Crippen molar-refractivity contribution in [3.8, 4) is 44.5 Å². The molecule has 7 aromatic carbocycles. The van der Waals surface area contributed by atoms with Crippen LogP contribution in [0.5, 0.6) is 0 Å². The van der Waals surface area contributed by atoms with Crippen molar-refractivity contribution >= 4 is 27.1 Å². The second-order valence-electron chi connectivity index (χ2n) is 18.2. The van der Waals surface area contributed by atoms with Crippen LogP contribution in [0.4, 0.5) is 17.1 Å². The highest BCUT2D eigenvalue weighted by atomic mass is 32.3. The van der Waals surface area contributed by atoms with E-state index in [2.05, 4.69) is 194 Å². The first-order valence-electron chi connectivity index (χ1n) is 21.0. The fourth-order valence-electron chi connectivity index (χ4n) is 11.9. The molecule has 5 aliphatic rings. The molecule has 0 unspecified atom stereocenters. The second kappa shape index (κ2) is 13.4. The third-order valence-corrected chi connectivity index (χ3v) is 16.0. The average Bonchev–Trinajstić information content (AvgIpc) is 3.53. The molecule has 5 aliphatic carbocycles. The van der Waals surface area contributed by atoms with Gasteiger partial charge in [-0.2, -0.15) is 0 Å². The molecule has 2 heteroatoms. The van der Waals surface area contributed by atoms with Crippen molar-refractivity contribution in [2.75, 3.05) is 23.7 Å². The molecule has 4 fully saturated rings. The Bertz CT molecular complexity index is 2550. The quantitative estimate of drug-likeness (QED) is 0.156. The van der Waals surface area contributed by atoms with Crippen molar-refractivity contribution in [3.05, 3.63) is 181 Å². The number of anilines is 3.